The second-order valence-electron chi connectivity index (χ2n) is 8.14. The van der Waals surface area contributed by atoms with E-state index >= 15 is 0 Å². The van der Waals surface area contributed by atoms with Gasteiger partial charge in [0.15, 0.2) is 5.96 Å². The zero-order valence-corrected chi connectivity index (χ0v) is 19.9. The molecule has 0 aromatic heterocycles. The number of ether oxygens (including phenoxy) is 1. The van der Waals surface area contributed by atoms with Crippen LogP contribution in [-0.4, -0.2) is 49.7 Å². The summed E-state index contributed by atoms with van der Waals surface area (Å²) in [6.45, 7) is 13.1. The van der Waals surface area contributed by atoms with Gasteiger partial charge < -0.3 is 20.3 Å². The molecule has 1 aromatic carbocycles. The van der Waals surface area contributed by atoms with Crippen LogP contribution in [0.15, 0.2) is 29.3 Å². The topological polar surface area (TPSA) is 48.9 Å². The van der Waals surface area contributed by atoms with Crippen LogP contribution in [0.2, 0.25) is 0 Å². The number of piperidine rings is 1. The summed E-state index contributed by atoms with van der Waals surface area (Å²) in [6, 6.07) is 8.16. The molecule has 2 rings (SSSR count). The zero-order valence-electron chi connectivity index (χ0n) is 17.5. The standard InChI is InChI=1S/C21H36N4O.HI/c1-6-22-20(23-15-17-11-13-25(5)14-12-17)24-16-18-9-7-8-10-19(18)26-21(2,3)4;/h7-10,17H,6,11-16H2,1-5H3,(H2,22,23,24);1H. The summed E-state index contributed by atoms with van der Waals surface area (Å²) < 4.78 is 6.08. The molecule has 0 unspecified atom stereocenters. The third-order valence-corrected chi connectivity index (χ3v) is 4.54. The normalized spacial score (nSPS) is 16.6. The van der Waals surface area contributed by atoms with Crippen molar-refractivity contribution in [3.63, 3.8) is 0 Å². The summed E-state index contributed by atoms with van der Waals surface area (Å²) >= 11 is 0. The molecular weight excluding hydrogens is 451 g/mol. The van der Waals surface area contributed by atoms with Crippen molar-refractivity contribution in [1.82, 2.24) is 15.5 Å². The molecule has 0 amide bonds. The Labute approximate surface area is 182 Å². The molecule has 1 heterocycles. The molecule has 6 heteroatoms. The van der Waals surface area contributed by atoms with Crippen LogP contribution >= 0.6 is 24.0 Å². The van der Waals surface area contributed by atoms with E-state index in [4.69, 9.17) is 9.73 Å². The third-order valence-electron chi connectivity index (χ3n) is 4.54. The smallest absolute Gasteiger partial charge is 0.191 e. The molecule has 27 heavy (non-hydrogen) atoms. The molecule has 1 saturated heterocycles. The monoisotopic (exact) mass is 488 g/mol. The Morgan fingerprint density at radius 3 is 2.48 bits per heavy atom. The van der Waals surface area contributed by atoms with Gasteiger partial charge >= 0.3 is 0 Å². The van der Waals surface area contributed by atoms with Gasteiger partial charge in [0.2, 0.25) is 0 Å². The predicted molar refractivity (Wildman–Crippen MR) is 125 cm³/mol. The molecule has 1 fully saturated rings. The summed E-state index contributed by atoms with van der Waals surface area (Å²) in [5.41, 5.74) is 0.899. The lowest BCUT2D eigenvalue weighted by Gasteiger charge is -2.29. The van der Waals surface area contributed by atoms with E-state index < -0.39 is 0 Å². The van der Waals surface area contributed by atoms with Gasteiger partial charge in [-0.25, -0.2) is 4.99 Å². The van der Waals surface area contributed by atoms with Crippen LogP contribution in [0.1, 0.15) is 46.1 Å². The second kappa shape index (κ2) is 11.7. The minimum absolute atomic E-state index is 0. The first-order chi connectivity index (χ1) is 12.4. The van der Waals surface area contributed by atoms with Crippen molar-refractivity contribution in [1.29, 1.82) is 0 Å². The van der Waals surface area contributed by atoms with Gasteiger partial charge in [0.05, 0.1) is 6.54 Å². The van der Waals surface area contributed by atoms with Crippen LogP contribution in [0.5, 0.6) is 5.75 Å². The van der Waals surface area contributed by atoms with Crippen LogP contribution in [0.3, 0.4) is 0 Å². The number of aliphatic imine (C=N–C) groups is 1. The molecule has 154 valence electrons. The molecule has 0 atom stereocenters. The number of hydrogen-bond donors (Lipinski definition) is 2. The van der Waals surface area contributed by atoms with E-state index in [9.17, 15) is 0 Å². The Bertz CT molecular complexity index is 578. The molecule has 1 aliphatic heterocycles. The molecule has 5 nitrogen and oxygen atoms in total. The quantitative estimate of drug-likeness (QED) is 0.363. The van der Waals surface area contributed by atoms with Gasteiger partial charge in [-0.1, -0.05) is 18.2 Å². The first-order valence-electron chi connectivity index (χ1n) is 9.85. The highest BCUT2D eigenvalue weighted by Crippen LogP contribution is 2.23. The van der Waals surface area contributed by atoms with E-state index in [-0.39, 0.29) is 29.6 Å². The summed E-state index contributed by atoms with van der Waals surface area (Å²) in [5.74, 6) is 2.53. The molecule has 1 aromatic rings. The fourth-order valence-electron chi connectivity index (χ4n) is 3.08. The molecule has 1 aliphatic rings. The third kappa shape index (κ3) is 9.14. The van der Waals surface area contributed by atoms with E-state index in [0.717, 1.165) is 36.3 Å². The number of halogens is 1. The van der Waals surface area contributed by atoms with E-state index in [1.54, 1.807) is 0 Å². The minimum atomic E-state index is -0.212. The molecule has 0 radical (unpaired) electrons. The summed E-state index contributed by atoms with van der Waals surface area (Å²) in [5, 5.41) is 6.88. The first-order valence-corrected chi connectivity index (χ1v) is 9.85. The summed E-state index contributed by atoms with van der Waals surface area (Å²) in [7, 11) is 2.20. The van der Waals surface area contributed by atoms with Gasteiger partial charge in [-0.15, -0.1) is 24.0 Å². The van der Waals surface area contributed by atoms with Crippen LogP contribution in [0.25, 0.3) is 0 Å². The SMILES string of the molecule is CCNC(=NCc1ccccc1OC(C)(C)C)NCC1CCN(C)CC1.I. The van der Waals surface area contributed by atoms with Gasteiger partial charge in [-0.2, -0.15) is 0 Å². The van der Waals surface area contributed by atoms with Crippen molar-refractivity contribution in [3.8, 4) is 5.75 Å². The maximum Gasteiger partial charge on any atom is 0.191 e. The Kier molecular flexibility index (Phi) is 10.4. The van der Waals surface area contributed by atoms with Crippen LogP contribution in [0, 0.1) is 5.92 Å². The van der Waals surface area contributed by atoms with E-state index in [0.29, 0.717) is 6.54 Å². The maximum absolute atomic E-state index is 6.08. The number of guanidine groups is 1. The molecule has 2 N–H and O–H groups in total. The zero-order chi connectivity index (χ0) is 19.0. The largest absolute Gasteiger partial charge is 0.488 e. The Morgan fingerprint density at radius 2 is 1.85 bits per heavy atom. The van der Waals surface area contributed by atoms with Crippen molar-refractivity contribution in [2.45, 2.75) is 52.7 Å². The molecule has 0 bridgehead atoms. The molecular formula is C21H37IN4O. The highest BCUT2D eigenvalue weighted by Gasteiger charge is 2.17. The van der Waals surface area contributed by atoms with Gasteiger partial charge in [-0.05, 0) is 72.7 Å². The average molecular weight is 488 g/mol. The number of rotatable bonds is 6. The predicted octanol–water partition coefficient (Wildman–Crippen LogP) is 3.88. The van der Waals surface area contributed by atoms with Gasteiger partial charge in [0.25, 0.3) is 0 Å². The molecule has 0 spiro atoms. The lowest BCUT2D eigenvalue weighted by Crippen LogP contribution is -2.42. The highest BCUT2D eigenvalue weighted by molar-refractivity contribution is 14.0. The van der Waals surface area contributed by atoms with Gasteiger partial charge in [-0.3, -0.25) is 0 Å². The number of nitrogens with zero attached hydrogens (tertiary/aromatic N) is 2. The lowest BCUT2D eigenvalue weighted by molar-refractivity contribution is 0.129. The maximum atomic E-state index is 6.08. The highest BCUT2D eigenvalue weighted by atomic mass is 127. The number of likely N-dealkylation sites (tertiary alicyclic amines) is 1. The summed E-state index contributed by atoms with van der Waals surface area (Å²) in [6.07, 6.45) is 2.51. The van der Waals surface area contributed by atoms with Crippen LogP contribution in [-0.2, 0) is 6.54 Å². The number of hydrogen-bond acceptors (Lipinski definition) is 3. The average Bonchev–Trinajstić information content (AvgIpc) is 2.58. The van der Waals surface area contributed by atoms with Crippen LogP contribution < -0.4 is 15.4 Å². The van der Waals surface area contributed by atoms with E-state index in [1.165, 1.54) is 25.9 Å². The van der Waals surface area contributed by atoms with Crippen molar-refractivity contribution >= 4 is 29.9 Å². The minimum Gasteiger partial charge on any atom is -0.488 e. The first kappa shape index (κ1) is 24.0. The Morgan fingerprint density at radius 1 is 1.19 bits per heavy atom. The number of para-hydroxylation sites is 1. The van der Waals surface area contributed by atoms with Crippen molar-refractivity contribution in [2.75, 3.05) is 33.2 Å². The molecule has 0 saturated carbocycles. The van der Waals surface area contributed by atoms with Crippen molar-refractivity contribution in [2.24, 2.45) is 10.9 Å². The van der Waals surface area contributed by atoms with Gasteiger partial charge in [0, 0.05) is 18.7 Å². The fraction of sp³-hybridized carbons (Fsp3) is 0.667. The van der Waals surface area contributed by atoms with Crippen LogP contribution in [0.4, 0.5) is 0 Å². The number of nitrogens with one attached hydrogen (secondary N) is 2. The van der Waals surface area contributed by atoms with Gasteiger partial charge in [0.1, 0.15) is 11.4 Å². The Hall–Kier alpha value is -1.02. The van der Waals surface area contributed by atoms with E-state index in [1.807, 2.05) is 18.2 Å². The number of benzene rings is 1. The Balaban J connectivity index is 0.00000364. The van der Waals surface area contributed by atoms with Crippen molar-refractivity contribution < 1.29 is 4.74 Å². The summed E-state index contributed by atoms with van der Waals surface area (Å²) in [4.78, 5) is 7.18. The van der Waals surface area contributed by atoms with E-state index in [2.05, 4.69) is 56.3 Å². The lowest BCUT2D eigenvalue weighted by atomic mass is 9.97. The molecule has 0 aliphatic carbocycles. The second-order valence-corrected chi connectivity index (χ2v) is 8.14. The van der Waals surface area contributed by atoms with Crippen molar-refractivity contribution in [3.05, 3.63) is 29.8 Å². The fourth-order valence-corrected chi connectivity index (χ4v) is 3.08.